The van der Waals surface area contributed by atoms with Crippen LogP contribution in [0.15, 0.2) is 36.4 Å². The standard InChI is InChI=1S/C19H24N2O4/c1-3-12(2)20-18(23)15-10-6-7-11-16(15)21-17(22)13-8-4-5-9-14(13)19(24)25/h4-7,10-14H,3,8-9H2,1-2H3,(H,20,23)(H,21,22)(H,24,25)/t12-,13+,14-/m0/s1. The Morgan fingerprint density at radius 2 is 1.80 bits per heavy atom. The van der Waals surface area contributed by atoms with Gasteiger partial charge in [-0.1, -0.05) is 31.2 Å². The monoisotopic (exact) mass is 344 g/mol. The lowest BCUT2D eigenvalue weighted by Gasteiger charge is -2.24. The maximum absolute atomic E-state index is 12.6. The van der Waals surface area contributed by atoms with Crippen LogP contribution < -0.4 is 10.6 Å². The highest BCUT2D eigenvalue weighted by molar-refractivity contribution is 6.04. The summed E-state index contributed by atoms with van der Waals surface area (Å²) >= 11 is 0. The third kappa shape index (κ3) is 4.68. The van der Waals surface area contributed by atoms with E-state index in [-0.39, 0.29) is 17.9 Å². The first-order valence-corrected chi connectivity index (χ1v) is 8.52. The van der Waals surface area contributed by atoms with Gasteiger partial charge in [0.2, 0.25) is 5.91 Å². The zero-order chi connectivity index (χ0) is 18.4. The number of carboxylic acid groups (broad SMARTS) is 1. The number of carboxylic acids is 1. The first kappa shape index (κ1) is 18.7. The van der Waals surface area contributed by atoms with Gasteiger partial charge in [0, 0.05) is 6.04 Å². The first-order valence-electron chi connectivity index (χ1n) is 8.52. The molecule has 0 radical (unpaired) electrons. The number of benzene rings is 1. The van der Waals surface area contributed by atoms with E-state index in [0.717, 1.165) is 6.42 Å². The molecule has 0 aromatic heterocycles. The molecule has 25 heavy (non-hydrogen) atoms. The fourth-order valence-electron chi connectivity index (χ4n) is 2.80. The van der Waals surface area contributed by atoms with E-state index in [1.54, 1.807) is 30.3 Å². The second-order valence-corrected chi connectivity index (χ2v) is 6.31. The van der Waals surface area contributed by atoms with Gasteiger partial charge in [-0.15, -0.1) is 0 Å². The molecule has 0 saturated heterocycles. The van der Waals surface area contributed by atoms with Crippen molar-refractivity contribution in [3.05, 3.63) is 42.0 Å². The second-order valence-electron chi connectivity index (χ2n) is 6.31. The van der Waals surface area contributed by atoms with Crippen LogP contribution in [0.5, 0.6) is 0 Å². The van der Waals surface area contributed by atoms with Gasteiger partial charge in [0.25, 0.3) is 5.91 Å². The summed E-state index contributed by atoms with van der Waals surface area (Å²) in [5.41, 5.74) is 0.765. The molecule has 0 aliphatic heterocycles. The van der Waals surface area contributed by atoms with Crippen LogP contribution in [0, 0.1) is 11.8 Å². The third-order valence-electron chi connectivity index (χ3n) is 4.51. The van der Waals surface area contributed by atoms with Gasteiger partial charge in [0.1, 0.15) is 0 Å². The summed E-state index contributed by atoms with van der Waals surface area (Å²) in [7, 11) is 0. The average molecular weight is 344 g/mol. The summed E-state index contributed by atoms with van der Waals surface area (Å²) in [5.74, 6) is -3.00. The molecular formula is C19H24N2O4. The Bertz CT molecular complexity index is 684. The van der Waals surface area contributed by atoms with Gasteiger partial charge in [-0.3, -0.25) is 14.4 Å². The Balaban J connectivity index is 2.17. The van der Waals surface area contributed by atoms with Gasteiger partial charge in [-0.2, -0.15) is 0 Å². The lowest BCUT2D eigenvalue weighted by Crippen LogP contribution is -2.36. The van der Waals surface area contributed by atoms with Gasteiger partial charge in [-0.25, -0.2) is 0 Å². The zero-order valence-electron chi connectivity index (χ0n) is 14.5. The average Bonchev–Trinajstić information content (AvgIpc) is 2.61. The molecule has 0 fully saturated rings. The molecule has 1 aromatic rings. The van der Waals surface area contributed by atoms with Crippen molar-refractivity contribution >= 4 is 23.5 Å². The molecule has 1 aliphatic carbocycles. The van der Waals surface area contributed by atoms with Gasteiger partial charge in [0.15, 0.2) is 0 Å². The number of hydrogen-bond donors (Lipinski definition) is 3. The van der Waals surface area contributed by atoms with Crippen molar-refractivity contribution in [3.8, 4) is 0 Å². The topological polar surface area (TPSA) is 95.5 Å². The van der Waals surface area contributed by atoms with Gasteiger partial charge in [0.05, 0.1) is 23.1 Å². The lowest BCUT2D eigenvalue weighted by molar-refractivity contribution is -0.146. The van der Waals surface area contributed by atoms with Crippen LogP contribution in [0.2, 0.25) is 0 Å². The molecule has 6 nitrogen and oxygen atoms in total. The van der Waals surface area contributed by atoms with E-state index < -0.39 is 17.8 Å². The maximum atomic E-state index is 12.6. The smallest absolute Gasteiger partial charge is 0.307 e. The summed E-state index contributed by atoms with van der Waals surface area (Å²) in [6.45, 7) is 3.88. The fourth-order valence-corrected chi connectivity index (χ4v) is 2.80. The number of aliphatic carboxylic acids is 1. The number of amides is 2. The molecular weight excluding hydrogens is 320 g/mol. The summed E-state index contributed by atoms with van der Waals surface area (Å²) in [6.07, 6.45) is 5.13. The van der Waals surface area contributed by atoms with E-state index in [2.05, 4.69) is 10.6 Å². The molecule has 2 rings (SSSR count). The maximum Gasteiger partial charge on any atom is 0.307 e. The molecule has 134 valence electrons. The molecule has 0 unspecified atom stereocenters. The van der Waals surface area contributed by atoms with Crippen molar-refractivity contribution in [3.63, 3.8) is 0 Å². The van der Waals surface area contributed by atoms with Crippen molar-refractivity contribution in [1.29, 1.82) is 0 Å². The first-order chi connectivity index (χ1) is 11.9. The highest BCUT2D eigenvalue weighted by Crippen LogP contribution is 2.28. The second kappa shape index (κ2) is 8.46. The van der Waals surface area contributed by atoms with E-state index in [9.17, 15) is 19.5 Å². The Kier molecular flexibility index (Phi) is 6.33. The van der Waals surface area contributed by atoms with Gasteiger partial charge < -0.3 is 15.7 Å². The van der Waals surface area contributed by atoms with Crippen molar-refractivity contribution in [1.82, 2.24) is 5.32 Å². The number of nitrogens with one attached hydrogen (secondary N) is 2. The Morgan fingerprint density at radius 3 is 2.44 bits per heavy atom. The van der Waals surface area contributed by atoms with Crippen molar-refractivity contribution in [2.75, 3.05) is 5.32 Å². The van der Waals surface area contributed by atoms with Crippen molar-refractivity contribution in [2.45, 2.75) is 39.2 Å². The van der Waals surface area contributed by atoms with Gasteiger partial charge in [-0.05, 0) is 38.3 Å². The Morgan fingerprint density at radius 1 is 1.16 bits per heavy atom. The van der Waals surface area contributed by atoms with Gasteiger partial charge >= 0.3 is 5.97 Å². The predicted molar refractivity (Wildman–Crippen MR) is 95.3 cm³/mol. The normalized spacial score (nSPS) is 20.6. The highest BCUT2D eigenvalue weighted by atomic mass is 16.4. The van der Waals surface area contributed by atoms with Crippen molar-refractivity contribution < 1.29 is 19.5 Å². The predicted octanol–water partition coefficient (Wildman–Crippen LogP) is 2.82. The van der Waals surface area contributed by atoms with Crippen LogP contribution in [0.4, 0.5) is 5.69 Å². The number of allylic oxidation sites excluding steroid dienone is 2. The molecule has 6 heteroatoms. The van der Waals surface area contributed by atoms with Crippen LogP contribution in [-0.4, -0.2) is 28.9 Å². The largest absolute Gasteiger partial charge is 0.481 e. The molecule has 1 aromatic carbocycles. The van der Waals surface area contributed by atoms with Crippen LogP contribution >= 0.6 is 0 Å². The number of rotatable bonds is 6. The van der Waals surface area contributed by atoms with E-state index in [1.165, 1.54) is 0 Å². The summed E-state index contributed by atoms with van der Waals surface area (Å²) in [4.78, 5) is 36.4. The van der Waals surface area contributed by atoms with E-state index >= 15 is 0 Å². The van der Waals surface area contributed by atoms with E-state index in [0.29, 0.717) is 24.1 Å². The molecule has 0 spiro atoms. The molecule has 0 bridgehead atoms. The Hall–Kier alpha value is -2.63. The molecule has 1 aliphatic rings. The molecule has 3 N–H and O–H groups in total. The van der Waals surface area contributed by atoms with Crippen LogP contribution in [0.25, 0.3) is 0 Å². The summed E-state index contributed by atoms with van der Waals surface area (Å²) < 4.78 is 0. The number of hydrogen-bond acceptors (Lipinski definition) is 3. The Labute approximate surface area is 147 Å². The lowest BCUT2D eigenvalue weighted by atomic mass is 9.82. The number of carbonyl (C=O) groups is 3. The number of anilines is 1. The molecule has 0 saturated carbocycles. The minimum atomic E-state index is -0.979. The van der Waals surface area contributed by atoms with E-state index in [4.69, 9.17) is 0 Å². The minimum Gasteiger partial charge on any atom is -0.481 e. The third-order valence-corrected chi connectivity index (χ3v) is 4.51. The molecule has 3 atom stereocenters. The van der Waals surface area contributed by atoms with Crippen LogP contribution in [-0.2, 0) is 9.59 Å². The zero-order valence-corrected chi connectivity index (χ0v) is 14.5. The quantitative estimate of drug-likeness (QED) is 0.692. The number of carbonyl (C=O) groups excluding carboxylic acids is 2. The highest BCUT2D eigenvalue weighted by Gasteiger charge is 2.34. The van der Waals surface area contributed by atoms with Crippen LogP contribution in [0.1, 0.15) is 43.5 Å². The van der Waals surface area contributed by atoms with Crippen LogP contribution in [0.3, 0.4) is 0 Å². The molecule has 0 heterocycles. The molecule has 2 amide bonds. The summed E-state index contributed by atoms with van der Waals surface area (Å²) in [6, 6.07) is 6.77. The summed E-state index contributed by atoms with van der Waals surface area (Å²) in [5, 5.41) is 14.9. The number of para-hydroxylation sites is 1. The minimum absolute atomic E-state index is 0.0242. The fraction of sp³-hybridized carbons (Fsp3) is 0.421. The van der Waals surface area contributed by atoms with E-state index in [1.807, 2.05) is 19.9 Å². The SMILES string of the molecule is CC[C@H](C)NC(=O)c1ccccc1NC(=O)[C@@H]1CC=CC[C@@H]1C(=O)O. The van der Waals surface area contributed by atoms with Crippen molar-refractivity contribution in [2.24, 2.45) is 11.8 Å².